The number of hydrogen-bond donors (Lipinski definition) is 3. The Morgan fingerprint density at radius 2 is 2.00 bits per heavy atom. The van der Waals surface area contributed by atoms with Crippen molar-refractivity contribution in [1.82, 2.24) is 5.32 Å². The summed E-state index contributed by atoms with van der Waals surface area (Å²) in [5.74, 6) is 0.744. The summed E-state index contributed by atoms with van der Waals surface area (Å²) < 4.78 is 6.13. The minimum absolute atomic E-state index is 0.0717. The van der Waals surface area contributed by atoms with Crippen molar-refractivity contribution in [1.29, 1.82) is 0 Å². The zero-order chi connectivity index (χ0) is 20.0. The average Bonchev–Trinajstić information content (AvgIpc) is 2.64. The molecule has 1 amide bonds. The van der Waals surface area contributed by atoms with E-state index in [4.69, 9.17) is 17.0 Å². The van der Waals surface area contributed by atoms with Gasteiger partial charge in [-0.25, -0.2) is 0 Å². The number of aromatic hydroxyl groups is 1. The van der Waals surface area contributed by atoms with Gasteiger partial charge in [0.1, 0.15) is 11.5 Å². The van der Waals surface area contributed by atoms with E-state index in [9.17, 15) is 9.90 Å². The molecule has 0 unspecified atom stereocenters. The second kappa shape index (κ2) is 9.71. The third-order valence-corrected chi connectivity index (χ3v) is 5.00. The number of rotatable bonds is 6. The second-order valence-electron chi connectivity index (χ2n) is 6.07. The molecule has 0 aliphatic carbocycles. The minimum Gasteiger partial charge on any atom is -0.506 e. The lowest BCUT2D eigenvalue weighted by Gasteiger charge is -2.15. The lowest BCUT2D eigenvalue weighted by Crippen LogP contribution is -2.34. The number of nitrogens with one attached hydrogen (secondary N) is 2. The summed E-state index contributed by atoms with van der Waals surface area (Å²) in [5, 5.41) is 15.7. The van der Waals surface area contributed by atoms with Gasteiger partial charge in [0.15, 0.2) is 5.11 Å². The molecule has 2 rings (SSSR count). The quantitative estimate of drug-likeness (QED) is 0.416. The van der Waals surface area contributed by atoms with Gasteiger partial charge in [0.25, 0.3) is 5.91 Å². The smallest absolute Gasteiger partial charge is 0.257 e. The van der Waals surface area contributed by atoms with E-state index in [0.717, 1.165) is 12.0 Å². The number of thiocarbonyl (C=S) groups is 1. The first-order chi connectivity index (χ1) is 12.8. The van der Waals surface area contributed by atoms with E-state index >= 15 is 0 Å². The predicted molar refractivity (Wildman–Crippen MR) is 116 cm³/mol. The Morgan fingerprint density at radius 1 is 1.26 bits per heavy atom. The fourth-order valence-corrected chi connectivity index (χ4v) is 3.14. The van der Waals surface area contributed by atoms with Gasteiger partial charge in [0, 0.05) is 5.56 Å². The van der Waals surface area contributed by atoms with Gasteiger partial charge in [-0.1, -0.05) is 19.9 Å². The number of carbonyl (C=O) groups excluding carboxylic acids is 1. The highest BCUT2D eigenvalue weighted by Gasteiger charge is 2.13. The van der Waals surface area contributed by atoms with Crippen molar-refractivity contribution in [2.45, 2.75) is 33.1 Å². The van der Waals surface area contributed by atoms with Crippen molar-refractivity contribution in [3.05, 3.63) is 52.0 Å². The van der Waals surface area contributed by atoms with Crippen LogP contribution >= 0.6 is 28.1 Å². The van der Waals surface area contributed by atoms with E-state index in [1.807, 2.05) is 19.1 Å². The molecule has 3 N–H and O–H groups in total. The third-order valence-electron chi connectivity index (χ3n) is 4.17. The summed E-state index contributed by atoms with van der Waals surface area (Å²) in [7, 11) is 0. The van der Waals surface area contributed by atoms with Crippen molar-refractivity contribution in [3.8, 4) is 11.5 Å². The van der Waals surface area contributed by atoms with Gasteiger partial charge in [-0.2, -0.15) is 0 Å². The van der Waals surface area contributed by atoms with Crippen LogP contribution in [-0.4, -0.2) is 22.7 Å². The second-order valence-corrected chi connectivity index (χ2v) is 7.33. The summed E-state index contributed by atoms with van der Waals surface area (Å²) in [6, 6.07) is 10.4. The van der Waals surface area contributed by atoms with Gasteiger partial charge in [0.2, 0.25) is 0 Å². The SMILES string of the molecule is CCOc1ccc(C(=O)NC(=S)Nc2cc([C@@H](C)CC)ccc2O)cc1Br. The van der Waals surface area contributed by atoms with Gasteiger partial charge in [-0.15, -0.1) is 0 Å². The zero-order valence-corrected chi connectivity index (χ0v) is 17.9. The fraction of sp³-hybridized carbons (Fsp3) is 0.300. The number of anilines is 1. The maximum Gasteiger partial charge on any atom is 0.257 e. The minimum atomic E-state index is -0.353. The summed E-state index contributed by atoms with van der Waals surface area (Å²) in [4.78, 5) is 12.4. The van der Waals surface area contributed by atoms with Gasteiger partial charge in [0.05, 0.1) is 16.8 Å². The van der Waals surface area contributed by atoms with Crippen molar-refractivity contribution in [2.75, 3.05) is 11.9 Å². The van der Waals surface area contributed by atoms with Crippen molar-refractivity contribution in [3.63, 3.8) is 0 Å². The summed E-state index contributed by atoms with van der Waals surface area (Å²) >= 11 is 8.61. The van der Waals surface area contributed by atoms with Gasteiger partial charge in [-0.05, 0) is 83.3 Å². The first kappa shape index (κ1) is 21.2. The molecule has 0 spiro atoms. The Kier molecular flexibility index (Phi) is 7.62. The molecule has 0 saturated heterocycles. The van der Waals surface area contributed by atoms with Crippen LogP contribution in [0.3, 0.4) is 0 Å². The molecule has 0 heterocycles. The molecule has 7 heteroatoms. The van der Waals surface area contributed by atoms with Gasteiger partial charge in [-0.3, -0.25) is 10.1 Å². The van der Waals surface area contributed by atoms with Crippen LogP contribution in [0.4, 0.5) is 5.69 Å². The molecule has 0 saturated carbocycles. The first-order valence-electron chi connectivity index (χ1n) is 8.73. The van der Waals surface area contributed by atoms with Crippen LogP contribution in [0.5, 0.6) is 11.5 Å². The molecule has 27 heavy (non-hydrogen) atoms. The molecule has 0 fully saturated rings. The van der Waals surface area contributed by atoms with E-state index in [1.165, 1.54) is 0 Å². The van der Waals surface area contributed by atoms with Crippen molar-refractivity contribution in [2.24, 2.45) is 0 Å². The number of phenols is 1. The lowest BCUT2D eigenvalue weighted by molar-refractivity contribution is 0.0977. The third kappa shape index (κ3) is 5.68. The molecule has 2 aromatic rings. The van der Waals surface area contributed by atoms with E-state index < -0.39 is 0 Å². The number of phenolic OH excluding ortho intramolecular Hbond substituents is 1. The van der Waals surface area contributed by atoms with Crippen LogP contribution in [0, 0.1) is 0 Å². The highest BCUT2D eigenvalue weighted by atomic mass is 79.9. The highest BCUT2D eigenvalue weighted by Crippen LogP contribution is 2.29. The van der Waals surface area contributed by atoms with Crippen LogP contribution in [-0.2, 0) is 0 Å². The Hall–Kier alpha value is -2.12. The Labute approximate surface area is 173 Å². The van der Waals surface area contributed by atoms with Crippen LogP contribution in [0.15, 0.2) is 40.9 Å². The molecule has 0 radical (unpaired) electrons. The number of carbonyl (C=O) groups is 1. The molecular weight excluding hydrogens is 428 g/mol. The van der Waals surface area contributed by atoms with Gasteiger partial charge >= 0.3 is 0 Å². The Bertz CT molecular complexity index is 842. The van der Waals surface area contributed by atoms with Crippen molar-refractivity contribution < 1.29 is 14.6 Å². The molecule has 0 bridgehead atoms. The van der Waals surface area contributed by atoms with E-state index in [1.54, 1.807) is 24.3 Å². The van der Waals surface area contributed by atoms with E-state index in [-0.39, 0.29) is 16.8 Å². The molecule has 0 aliphatic rings. The Balaban J connectivity index is 2.07. The standard InChI is InChI=1S/C20H23BrN2O3S/c1-4-12(3)13-6-8-17(24)16(11-13)22-20(27)23-19(25)14-7-9-18(26-5-2)15(21)10-14/h6-12,24H,4-5H2,1-3H3,(H2,22,23,25,27)/t12-/m0/s1. The largest absolute Gasteiger partial charge is 0.506 e. The number of ether oxygens (including phenoxy) is 1. The van der Waals surface area contributed by atoms with Gasteiger partial charge < -0.3 is 15.2 Å². The summed E-state index contributed by atoms with van der Waals surface area (Å²) in [6.07, 6.45) is 0.984. The molecule has 0 aliphatic heterocycles. The van der Waals surface area contributed by atoms with Crippen LogP contribution in [0.2, 0.25) is 0 Å². The lowest BCUT2D eigenvalue weighted by atomic mass is 9.98. The maximum atomic E-state index is 12.4. The monoisotopic (exact) mass is 450 g/mol. The highest BCUT2D eigenvalue weighted by molar-refractivity contribution is 9.10. The number of hydrogen-bond acceptors (Lipinski definition) is 4. The zero-order valence-electron chi connectivity index (χ0n) is 15.5. The summed E-state index contributed by atoms with van der Waals surface area (Å²) in [6.45, 7) is 6.64. The number of benzene rings is 2. The fourth-order valence-electron chi connectivity index (χ4n) is 2.44. The normalized spacial score (nSPS) is 11.6. The molecule has 1 atom stereocenters. The topological polar surface area (TPSA) is 70.6 Å². The maximum absolute atomic E-state index is 12.4. The molecule has 5 nitrogen and oxygen atoms in total. The van der Waals surface area contributed by atoms with Crippen LogP contribution in [0.1, 0.15) is 49.0 Å². The average molecular weight is 451 g/mol. The predicted octanol–water partition coefficient (Wildman–Crippen LogP) is 5.19. The van der Waals surface area contributed by atoms with Crippen LogP contribution < -0.4 is 15.4 Å². The Morgan fingerprint density at radius 3 is 2.63 bits per heavy atom. The first-order valence-corrected chi connectivity index (χ1v) is 9.93. The number of halogens is 1. The van der Waals surface area contributed by atoms with E-state index in [0.29, 0.717) is 34.0 Å². The molecule has 144 valence electrons. The molecule has 0 aromatic heterocycles. The molecular formula is C20H23BrN2O3S. The van der Waals surface area contributed by atoms with Crippen molar-refractivity contribution >= 4 is 44.9 Å². The molecule has 2 aromatic carbocycles. The number of amides is 1. The van der Waals surface area contributed by atoms with Crippen LogP contribution in [0.25, 0.3) is 0 Å². The van der Waals surface area contributed by atoms with E-state index in [2.05, 4.69) is 40.4 Å². The summed E-state index contributed by atoms with van der Waals surface area (Å²) in [5.41, 5.74) is 1.99.